The standard InChI is InChI=1S/C13H14Br2O/c14-7-4-5-11(15)10(6-7)13(16)12-8-2-1-3-9(8)12/h4-6,8-9,12-13,16H,1-3H2. The van der Waals surface area contributed by atoms with Crippen LogP contribution in [-0.4, -0.2) is 5.11 Å². The van der Waals surface area contributed by atoms with Crippen molar-refractivity contribution in [3.63, 3.8) is 0 Å². The predicted octanol–water partition coefficient (Wildman–Crippen LogP) is 4.29. The fraction of sp³-hybridized carbons (Fsp3) is 0.538. The number of fused-ring (bicyclic) bond motifs is 1. The fourth-order valence-electron chi connectivity index (χ4n) is 3.29. The molecule has 1 nitrogen and oxygen atoms in total. The van der Waals surface area contributed by atoms with Gasteiger partial charge in [0, 0.05) is 8.95 Å². The van der Waals surface area contributed by atoms with Gasteiger partial charge in [-0.25, -0.2) is 0 Å². The van der Waals surface area contributed by atoms with Crippen LogP contribution in [0.2, 0.25) is 0 Å². The molecule has 16 heavy (non-hydrogen) atoms. The van der Waals surface area contributed by atoms with Crippen molar-refractivity contribution in [3.8, 4) is 0 Å². The second-order valence-electron chi connectivity index (χ2n) is 4.95. The summed E-state index contributed by atoms with van der Waals surface area (Å²) in [6.07, 6.45) is 3.70. The molecule has 86 valence electrons. The summed E-state index contributed by atoms with van der Waals surface area (Å²) in [7, 11) is 0. The summed E-state index contributed by atoms with van der Waals surface area (Å²) in [6.45, 7) is 0. The molecule has 0 amide bonds. The molecule has 1 N–H and O–H groups in total. The van der Waals surface area contributed by atoms with Crippen LogP contribution in [0.1, 0.15) is 30.9 Å². The zero-order valence-corrected chi connectivity index (χ0v) is 12.0. The first-order valence-corrected chi connectivity index (χ1v) is 7.40. The first-order chi connectivity index (χ1) is 7.68. The van der Waals surface area contributed by atoms with Gasteiger partial charge in [0.25, 0.3) is 0 Å². The summed E-state index contributed by atoms with van der Waals surface area (Å²) in [5, 5.41) is 10.4. The summed E-state index contributed by atoms with van der Waals surface area (Å²) in [6, 6.07) is 6.03. The molecule has 0 radical (unpaired) electrons. The Hall–Kier alpha value is 0.140. The van der Waals surface area contributed by atoms with Gasteiger partial charge in [-0.3, -0.25) is 0 Å². The molecule has 2 aliphatic carbocycles. The lowest BCUT2D eigenvalue weighted by Crippen LogP contribution is -2.05. The second kappa shape index (κ2) is 4.11. The van der Waals surface area contributed by atoms with Crippen molar-refractivity contribution in [1.82, 2.24) is 0 Å². The maximum absolute atomic E-state index is 10.4. The Morgan fingerprint density at radius 1 is 1.19 bits per heavy atom. The molecule has 0 saturated heterocycles. The number of aliphatic hydroxyl groups is 1. The minimum atomic E-state index is -0.290. The van der Waals surface area contributed by atoms with E-state index in [-0.39, 0.29) is 6.10 Å². The Bertz CT molecular complexity index is 408. The van der Waals surface area contributed by atoms with Gasteiger partial charge < -0.3 is 5.11 Å². The maximum Gasteiger partial charge on any atom is 0.0834 e. The van der Waals surface area contributed by atoms with E-state index in [0.29, 0.717) is 5.92 Å². The molecule has 0 aromatic heterocycles. The first-order valence-electron chi connectivity index (χ1n) is 5.81. The highest BCUT2D eigenvalue weighted by molar-refractivity contribution is 9.11. The Morgan fingerprint density at radius 2 is 1.88 bits per heavy atom. The molecule has 0 heterocycles. The van der Waals surface area contributed by atoms with E-state index in [1.54, 1.807) is 0 Å². The zero-order chi connectivity index (χ0) is 11.3. The lowest BCUT2D eigenvalue weighted by Gasteiger charge is -2.15. The normalized spacial score (nSPS) is 33.6. The minimum absolute atomic E-state index is 0.290. The van der Waals surface area contributed by atoms with E-state index in [2.05, 4.69) is 31.9 Å². The molecule has 3 rings (SSSR count). The molecule has 2 aliphatic rings. The number of benzene rings is 1. The molecule has 0 spiro atoms. The van der Waals surface area contributed by atoms with E-state index in [4.69, 9.17) is 0 Å². The van der Waals surface area contributed by atoms with E-state index in [1.165, 1.54) is 19.3 Å². The third-order valence-electron chi connectivity index (χ3n) is 4.11. The average Bonchev–Trinajstić information content (AvgIpc) is 2.74. The van der Waals surface area contributed by atoms with Crippen LogP contribution < -0.4 is 0 Å². The third kappa shape index (κ3) is 1.77. The lowest BCUT2D eigenvalue weighted by molar-refractivity contribution is 0.136. The predicted molar refractivity (Wildman–Crippen MR) is 71.1 cm³/mol. The highest BCUT2D eigenvalue weighted by atomic mass is 79.9. The van der Waals surface area contributed by atoms with Crippen LogP contribution in [0.4, 0.5) is 0 Å². The molecule has 3 heteroatoms. The van der Waals surface area contributed by atoms with Crippen molar-refractivity contribution in [2.75, 3.05) is 0 Å². The quantitative estimate of drug-likeness (QED) is 0.847. The number of halogens is 2. The van der Waals surface area contributed by atoms with Gasteiger partial charge in [-0.2, -0.15) is 0 Å². The number of hydrogen-bond acceptors (Lipinski definition) is 1. The van der Waals surface area contributed by atoms with Crippen LogP contribution >= 0.6 is 31.9 Å². The molecule has 0 bridgehead atoms. The van der Waals surface area contributed by atoms with E-state index in [1.807, 2.05) is 18.2 Å². The molecular weight excluding hydrogens is 332 g/mol. The Labute approximate surface area is 113 Å². The van der Waals surface area contributed by atoms with E-state index in [0.717, 1.165) is 26.3 Å². The van der Waals surface area contributed by atoms with Gasteiger partial charge in [0.15, 0.2) is 0 Å². The van der Waals surface area contributed by atoms with Gasteiger partial charge in [0.1, 0.15) is 0 Å². The van der Waals surface area contributed by atoms with Crippen molar-refractivity contribution < 1.29 is 5.11 Å². The zero-order valence-electron chi connectivity index (χ0n) is 8.87. The van der Waals surface area contributed by atoms with Crippen LogP contribution in [0.5, 0.6) is 0 Å². The van der Waals surface area contributed by atoms with E-state index in [9.17, 15) is 5.11 Å². The second-order valence-corrected chi connectivity index (χ2v) is 6.72. The molecule has 3 atom stereocenters. The molecule has 0 aliphatic heterocycles. The Morgan fingerprint density at radius 3 is 2.56 bits per heavy atom. The SMILES string of the molecule is OC(c1cc(Br)ccc1Br)C1C2CCCC21. The smallest absolute Gasteiger partial charge is 0.0834 e. The lowest BCUT2D eigenvalue weighted by atomic mass is 10.00. The van der Waals surface area contributed by atoms with Crippen LogP contribution in [0.3, 0.4) is 0 Å². The molecule has 2 saturated carbocycles. The van der Waals surface area contributed by atoms with E-state index < -0.39 is 0 Å². The third-order valence-corrected chi connectivity index (χ3v) is 5.33. The van der Waals surface area contributed by atoms with Gasteiger partial charge in [-0.15, -0.1) is 0 Å². The van der Waals surface area contributed by atoms with Crippen LogP contribution in [0, 0.1) is 17.8 Å². The van der Waals surface area contributed by atoms with Crippen molar-refractivity contribution >= 4 is 31.9 Å². The average molecular weight is 346 g/mol. The summed E-state index contributed by atoms with van der Waals surface area (Å²) < 4.78 is 2.06. The summed E-state index contributed by atoms with van der Waals surface area (Å²) in [5.41, 5.74) is 1.04. The molecule has 3 unspecified atom stereocenters. The summed E-state index contributed by atoms with van der Waals surface area (Å²) in [4.78, 5) is 0. The number of rotatable bonds is 2. The van der Waals surface area contributed by atoms with Gasteiger partial charge in [-0.1, -0.05) is 38.3 Å². The number of aliphatic hydroxyl groups excluding tert-OH is 1. The monoisotopic (exact) mass is 344 g/mol. The van der Waals surface area contributed by atoms with Crippen molar-refractivity contribution in [1.29, 1.82) is 0 Å². The summed E-state index contributed by atoms with van der Waals surface area (Å²) >= 11 is 6.99. The largest absolute Gasteiger partial charge is 0.388 e. The van der Waals surface area contributed by atoms with Gasteiger partial charge >= 0.3 is 0 Å². The molecule has 2 fully saturated rings. The molecule has 1 aromatic rings. The maximum atomic E-state index is 10.4. The van der Waals surface area contributed by atoms with Gasteiger partial charge in [-0.05, 0) is 54.4 Å². The van der Waals surface area contributed by atoms with E-state index >= 15 is 0 Å². The van der Waals surface area contributed by atoms with Crippen molar-refractivity contribution in [2.45, 2.75) is 25.4 Å². The van der Waals surface area contributed by atoms with Gasteiger partial charge in [0.05, 0.1) is 6.10 Å². The van der Waals surface area contributed by atoms with Crippen LogP contribution in [0.15, 0.2) is 27.1 Å². The minimum Gasteiger partial charge on any atom is -0.388 e. The summed E-state index contributed by atoms with van der Waals surface area (Å²) in [5.74, 6) is 2.10. The molecular formula is C13H14Br2O. The van der Waals surface area contributed by atoms with Gasteiger partial charge in [0.2, 0.25) is 0 Å². The van der Waals surface area contributed by atoms with Crippen molar-refractivity contribution in [2.24, 2.45) is 17.8 Å². The Balaban J connectivity index is 1.84. The van der Waals surface area contributed by atoms with Crippen LogP contribution in [-0.2, 0) is 0 Å². The fourth-order valence-corrected chi connectivity index (χ4v) is 4.15. The number of hydrogen-bond donors (Lipinski definition) is 1. The molecule has 1 aromatic carbocycles. The Kier molecular flexibility index (Phi) is 2.89. The highest BCUT2D eigenvalue weighted by Crippen LogP contribution is 2.62. The first kappa shape index (κ1) is 11.2. The van der Waals surface area contributed by atoms with Crippen LogP contribution in [0.25, 0.3) is 0 Å². The highest BCUT2D eigenvalue weighted by Gasteiger charge is 2.56. The topological polar surface area (TPSA) is 20.2 Å². The van der Waals surface area contributed by atoms with Crippen molar-refractivity contribution in [3.05, 3.63) is 32.7 Å².